The molecule has 5 aromatic heterocycles. The molecular weight excluding hydrogens is 1010 g/mol. The van der Waals surface area contributed by atoms with Crippen LogP contribution in [-0.2, 0) is 42.6 Å². The fourth-order valence-electron chi connectivity index (χ4n) is 9.33. The van der Waals surface area contributed by atoms with Gasteiger partial charge >= 0.3 is 0 Å². The number of hydrogen-bond donors (Lipinski definition) is 2. The third kappa shape index (κ3) is 11.3. The van der Waals surface area contributed by atoms with Crippen LogP contribution in [0.5, 0.6) is 0 Å². The maximum absolute atomic E-state index is 13.8. The number of halogens is 2. The lowest BCUT2D eigenvalue weighted by Gasteiger charge is -2.28. The molecule has 0 bridgehead atoms. The molecule has 0 spiro atoms. The summed E-state index contributed by atoms with van der Waals surface area (Å²) >= 11 is 12.3. The first-order chi connectivity index (χ1) is 37.3. The predicted molar refractivity (Wildman–Crippen MR) is 293 cm³/mol. The first-order valence-electron chi connectivity index (χ1n) is 24.5. The number of nitrogens with one attached hydrogen (secondary N) is 2. The number of anilines is 2. The highest BCUT2D eigenvalue weighted by Crippen LogP contribution is 2.31. The highest BCUT2D eigenvalue weighted by molar-refractivity contribution is 6.31. The summed E-state index contributed by atoms with van der Waals surface area (Å²) in [6, 6.07) is 40.4. The second-order valence-corrected chi connectivity index (χ2v) is 19.5. The van der Waals surface area contributed by atoms with Crippen LogP contribution in [-0.4, -0.2) is 81.6 Å². The number of carbonyl (C=O) groups is 6. The Bertz CT molecular complexity index is 3730. The molecule has 0 fully saturated rings. The minimum Gasteiger partial charge on any atom is -0.348 e. The van der Waals surface area contributed by atoms with Gasteiger partial charge in [0.1, 0.15) is 17.8 Å². The van der Waals surface area contributed by atoms with Gasteiger partial charge in [-0.05, 0) is 102 Å². The Morgan fingerprint density at radius 1 is 0.558 bits per heavy atom. The molecule has 0 radical (unpaired) electrons. The number of ketones is 2. The highest BCUT2D eigenvalue weighted by atomic mass is 35.5. The number of amides is 4. The standard InChI is InChI=1S/C31H24ClN5O3.C29H23ClN4O3/c1-36-18-24(28-26(36)6-4-14-34-28)29(38)20-9-7-19(8-10-20)17-37-27(16-22-5-2-3-13-33-22)30(39)35-25-15-21(32)11-12-23(25)31(37)40;1-18-5-12-24(32-16-18)27(35)20-8-6-19(7-9-20)17-34-26(15-22-4-2-3-13-31-22)28(36)33-25-14-21(30)10-11-23(25)29(34)37/h2-15,18,27H,16-17H2,1H3,(H,35,39);2-14,16,26H,15,17H2,1H3,(H,33,36)/t27-;26-/m11/s1. The van der Waals surface area contributed by atoms with E-state index in [2.05, 4.69) is 30.6 Å². The molecule has 0 aliphatic carbocycles. The van der Waals surface area contributed by atoms with Crippen LogP contribution < -0.4 is 10.6 Å². The molecule has 77 heavy (non-hydrogen) atoms. The third-order valence-electron chi connectivity index (χ3n) is 13.3. The lowest BCUT2D eigenvalue weighted by atomic mass is 10.0. The molecule has 0 unspecified atom stereocenters. The molecule has 9 aromatic rings. The van der Waals surface area contributed by atoms with Gasteiger partial charge in [0.05, 0.1) is 39.1 Å². The fraction of sp³-hybridized carbons (Fsp3) is 0.133. The Hall–Kier alpha value is -9.18. The number of aryl methyl sites for hydroxylation is 2. The number of pyridine rings is 4. The summed E-state index contributed by atoms with van der Waals surface area (Å²) in [5, 5.41) is 6.57. The molecule has 11 rings (SSSR count). The Kier molecular flexibility index (Phi) is 14.9. The molecule has 7 heterocycles. The Morgan fingerprint density at radius 3 is 1.55 bits per heavy atom. The number of fused-ring (bicyclic) bond motifs is 3. The summed E-state index contributed by atoms with van der Waals surface area (Å²) in [5.41, 5.74) is 8.79. The van der Waals surface area contributed by atoms with E-state index < -0.39 is 12.1 Å². The van der Waals surface area contributed by atoms with E-state index in [1.807, 2.05) is 73.1 Å². The average Bonchev–Trinajstić information content (AvgIpc) is 3.73. The molecule has 2 atom stereocenters. The van der Waals surface area contributed by atoms with Gasteiger partial charge in [0.2, 0.25) is 17.6 Å². The molecule has 2 N–H and O–H groups in total. The summed E-state index contributed by atoms with van der Waals surface area (Å²) in [5.74, 6) is -1.56. The lowest BCUT2D eigenvalue weighted by molar-refractivity contribution is -0.121. The lowest BCUT2D eigenvalue weighted by Crippen LogP contribution is -2.46. The molecule has 2 aliphatic rings. The summed E-state index contributed by atoms with van der Waals surface area (Å²) in [4.78, 5) is 101. The molecule has 15 nitrogen and oxygen atoms in total. The zero-order valence-electron chi connectivity index (χ0n) is 41.6. The summed E-state index contributed by atoms with van der Waals surface area (Å²) in [6.45, 7) is 2.24. The molecule has 382 valence electrons. The number of hydrogen-bond acceptors (Lipinski definition) is 10. The number of nitrogens with zero attached hydrogens (tertiary/aromatic N) is 7. The second-order valence-electron chi connectivity index (χ2n) is 18.6. The van der Waals surface area contributed by atoms with Crippen molar-refractivity contribution in [3.05, 3.63) is 248 Å². The van der Waals surface area contributed by atoms with Crippen LogP contribution in [0, 0.1) is 6.92 Å². The van der Waals surface area contributed by atoms with Crippen LogP contribution >= 0.6 is 23.2 Å². The maximum atomic E-state index is 13.8. The zero-order chi connectivity index (χ0) is 53.7. The Balaban J connectivity index is 0.000000175. The van der Waals surface area contributed by atoms with E-state index in [9.17, 15) is 28.8 Å². The number of benzene rings is 4. The van der Waals surface area contributed by atoms with Crippen molar-refractivity contribution in [1.82, 2.24) is 34.3 Å². The van der Waals surface area contributed by atoms with Crippen molar-refractivity contribution in [3.63, 3.8) is 0 Å². The van der Waals surface area contributed by atoms with Crippen molar-refractivity contribution in [2.75, 3.05) is 10.6 Å². The van der Waals surface area contributed by atoms with Gasteiger partial charge in [-0.25, -0.2) is 0 Å². The quantitative estimate of drug-likeness (QED) is 0.111. The fourth-order valence-corrected chi connectivity index (χ4v) is 9.67. The molecule has 2 aliphatic heterocycles. The van der Waals surface area contributed by atoms with Crippen LogP contribution in [0.3, 0.4) is 0 Å². The number of rotatable bonds is 12. The van der Waals surface area contributed by atoms with Gasteiger partial charge in [0, 0.05) is 96.5 Å². The molecule has 0 saturated carbocycles. The van der Waals surface area contributed by atoms with Crippen LogP contribution in [0.4, 0.5) is 11.4 Å². The van der Waals surface area contributed by atoms with Crippen molar-refractivity contribution >= 4 is 80.8 Å². The maximum Gasteiger partial charge on any atom is 0.256 e. The summed E-state index contributed by atoms with van der Waals surface area (Å²) in [6.07, 6.45) is 8.92. The van der Waals surface area contributed by atoms with E-state index in [4.69, 9.17) is 23.2 Å². The van der Waals surface area contributed by atoms with E-state index in [1.165, 1.54) is 0 Å². The summed E-state index contributed by atoms with van der Waals surface area (Å²) in [7, 11) is 1.88. The molecule has 17 heteroatoms. The SMILES string of the molecule is Cc1ccc(C(=O)c2ccc(CN3C(=O)c4ccc(Cl)cc4NC(=O)[C@H]3Cc3ccccn3)cc2)nc1.Cn1cc(C(=O)c2ccc(CN3C(=O)c4ccc(Cl)cc4NC(=O)[C@H]3Cc3ccccn3)cc2)c2ncccc21. The minimum atomic E-state index is -0.809. The van der Waals surface area contributed by atoms with Gasteiger partial charge in [-0.3, -0.25) is 48.7 Å². The van der Waals surface area contributed by atoms with Crippen LogP contribution in [0.2, 0.25) is 10.0 Å². The molecule has 4 amide bonds. The van der Waals surface area contributed by atoms with Crippen molar-refractivity contribution in [2.24, 2.45) is 7.05 Å². The minimum absolute atomic E-state index is 0.139. The van der Waals surface area contributed by atoms with Crippen molar-refractivity contribution in [2.45, 2.75) is 44.9 Å². The zero-order valence-corrected chi connectivity index (χ0v) is 43.1. The van der Waals surface area contributed by atoms with Gasteiger partial charge < -0.3 is 25.0 Å². The topological polar surface area (TPSA) is 189 Å². The largest absolute Gasteiger partial charge is 0.348 e. The monoisotopic (exact) mass is 1060 g/mol. The Morgan fingerprint density at radius 2 is 1.06 bits per heavy atom. The van der Waals surface area contributed by atoms with Crippen molar-refractivity contribution in [1.29, 1.82) is 0 Å². The highest BCUT2D eigenvalue weighted by Gasteiger charge is 2.38. The van der Waals surface area contributed by atoms with Crippen molar-refractivity contribution in [3.8, 4) is 0 Å². The van der Waals surface area contributed by atoms with Gasteiger partial charge in [-0.2, -0.15) is 0 Å². The van der Waals surface area contributed by atoms with Gasteiger partial charge in [-0.1, -0.05) is 89.9 Å². The third-order valence-corrected chi connectivity index (χ3v) is 13.8. The number of carbonyl (C=O) groups excluding carboxylic acids is 6. The summed E-state index contributed by atoms with van der Waals surface area (Å²) < 4.78 is 1.88. The first-order valence-corrected chi connectivity index (χ1v) is 25.3. The second kappa shape index (κ2) is 22.3. The van der Waals surface area contributed by atoms with Gasteiger partial charge in [0.25, 0.3) is 11.8 Å². The van der Waals surface area contributed by atoms with E-state index in [-0.39, 0.29) is 61.1 Å². The molecule has 0 saturated heterocycles. The Labute approximate surface area is 452 Å². The van der Waals surface area contributed by atoms with E-state index >= 15 is 0 Å². The number of aromatic nitrogens is 5. The van der Waals surface area contributed by atoms with Crippen LogP contribution in [0.25, 0.3) is 11.0 Å². The van der Waals surface area contributed by atoms with Crippen LogP contribution in [0.1, 0.15) is 80.8 Å². The van der Waals surface area contributed by atoms with E-state index in [0.717, 1.165) is 22.2 Å². The van der Waals surface area contributed by atoms with Gasteiger partial charge in [0.15, 0.2) is 5.78 Å². The molecular formula is C60H47Cl2N9O6. The van der Waals surface area contributed by atoms with Crippen LogP contribution in [0.15, 0.2) is 177 Å². The van der Waals surface area contributed by atoms with Crippen molar-refractivity contribution < 1.29 is 28.8 Å². The average molecular weight is 1060 g/mol. The van der Waals surface area contributed by atoms with E-state index in [1.54, 1.807) is 132 Å². The molecule has 4 aromatic carbocycles. The smallest absolute Gasteiger partial charge is 0.256 e. The first kappa shape index (κ1) is 51.3. The van der Waals surface area contributed by atoms with Gasteiger partial charge in [-0.15, -0.1) is 0 Å². The van der Waals surface area contributed by atoms with E-state index in [0.29, 0.717) is 71.8 Å². The normalized spacial score (nSPS) is 15.1. The predicted octanol–water partition coefficient (Wildman–Crippen LogP) is 9.93.